The lowest BCUT2D eigenvalue weighted by Crippen LogP contribution is -2.27. The molecule has 1 aromatic rings. The number of anilines is 1. The fourth-order valence-corrected chi connectivity index (χ4v) is 2.42. The Hall–Kier alpha value is -2.35. The fraction of sp³-hybridized carbons (Fsp3) is 0.167. The summed E-state index contributed by atoms with van der Waals surface area (Å²) in [6.07, 6.45) is -0.134. The molecule has 0 bridgehead atoms. The third-order valence-corrected chi connectivity index (χ3v) is 3.52. The van der Waals surface area contributed by atoms with Crippen molar-refractivity contribution < 1.29 is 24.3 Å². The van der Waals surface area contributed by atoms with Crippen LogP contribution in [-0.4, -0.2) is 28.3 Å². The summed E-state index contributed by atoms with van der Waals surface area (Å²) in [5, 5.41) is 14.0. The van der Waals surface area contributed by atoms with E-state index in [9.17, 15) is 24.3 Å². The normalized spacial score (nSPS) is 17.7. The zero-order valence-corrected chi connectivity index (χ0v) is 10.9. The van der Waals surface area contributed by atoms with Crippen molar-refractivity contribution in [2.45, 2.75) is 11.7 Å². The molecule has 2 rings (SSSR count). The highest BCUT2D eigenvalue weighted by Gasteiger charge is 2.33. The second-order valence-electron chi connectivity index (χ2n) is 4.00. The molecule has 1 aliphatic rings. The molecule has 1 aromatic carbocycles. The number of carboxylic acid groups (broad SMARTS) is 1. The smallest absolute Gasteiger partial charge is 0.286 e. The molecule has 0 aliphatic carbocycles. The summed E-state index contributed by atoms with van der Waals surface area (Å²) in [4.78, 5) is 44.5. The van der Waals surface area contributed by atoms with Gasteiger partial charge in [0.25, 0.3) is 5.24 Å². The van der Waals surface area contributed by atoms with Gasteiger partial charge in [-0.1, -0.05) is 23.9 Å². The van der Waals surface area contributed by atoms with Crippen LogP contribution in [0.25, 0.3) is 0 Å². The number of aromatic carboxylic acids is 1. The number of imide groups is 1. The largest absolute Gasteiger partial charge is 0.545 e. The van der Waals surface area contributed by atoms with E-state index in [0.29, 0.717) is 5.69 Å². The van der Waals surface area contributed by atoms with Crippen molar-refractivity contribution in [1.29, 1.82) is 0 Å². The SMILES string of the molecule is O=C(CC1SC(=O)NC1=O)Nc1ccc(C(=O)[O-])cc1. The highest BCUT2D eigenvalue weighted by atomic mass is 32.2. The molecular formula is C12H9N2O5S-. The van der Waals surface area contributed by atoms with E-state index in [0.717, 1.165) is 11.8 Å². The molecule has 0 aromatic heterocycles. The van der Waals surface area contributed by atoms with Gasteiger partial charge in [0.1, 0.15) is 5.25 Å². The number of hydrogen-bond donors (Lipinski definition) is 2. The molecule has 1 aliphatic heterocycles. The lowest BCUT2D eigenvalue weighted by atomic mass is 10.2. The molecule has 1 atom stereocenters. The monoisotopic (exact) mass is 293 g/mol. The molecule has 1 unspecified atom stereocenters. The predicted molar refractivity (Wildman–Crippen MR) is 68.9 cm³/mol. The molecule has 0 radical (unpaired) electrons. The number of rotatable bonds is 4. The third kappa shape index (κ3) is 3.35. The second-order valence-corrected chi connectivity index (χ2v) is 5.18. The van der Waals surface area contributed by atoms with Crippen LogP contribution in [0.2, 0.25) is 0 Å². The molecule has 0 saturated carbocycles. The molecule has 20 heavy (non-hydrogen) atoms. The number of carboxylic acids is 1. The van der Waals surface area contributed by atoms with Crippen molar-refractivity contribution in [3.63, 3.8) is 0 Å². The van der Waals surface area contributed by atoms with E-state index >= 15 is 0 Å². The third-order valence-electron chi connectivity index (χ3n) is 2.54. The lowest BCUT2D eigenvalue weighted by molar-refractivity contribution is -0.255. The first kappa shape index (κ1) is 14.1. The second kappa shape index (κ2) is 5.74. The van der Waals surface area contributed by atoms with Gasteiger partial charge in [0.15, 0.2) is 0 Å². The number of hydrogen-bond acceptors (Lipinski definition) is 6. The summed E-state index contributed by atoms with van der Waals surface area (Å²) in [6, 6.07) is 5.42. The fourth-order valence-electron chi connectivity index (χ4n) is 1.60. The quantitative estimate of drug-likeness (QED) is 0.789. The van der Waals surface area contributed by atoms with Gasteiger partial charge in [-0.25, -0.2) is 0 Å². The molecule has 7 nitrogen and oxygen atoms in total. The summed E-state index contributed by atoms with van der Waals surface area (Å²) in [7, 11) is 0. The van der Waals surface area contributed by atoms with Gasteiger partial charge < -0.3 is 15.2 Å². The van der Waals surface area contributed by atoms with Gasteiger partial charge in [-0.3, -0.25) is 19.7 Å². The molecule has 2 N–H and O–H groups in total. The summed E-state index contributed by atoms with van der Waals surface area (Å²) < 4.78 is 0. The molecule has 104 valence electrons. The Kier molecular flexibility index (Phi) is 4.04. The number of carbonyl (C=O) groups excluding carboxylic acids is 4. The van der Waals surface area contributed by atoms with E-state index in [4.69, 9.17) is 0 Å². The molecule has 1 fully saturated rings. The van der Waals surface area contributed by atoms with E-state index in [1.54, 1.807) is 0 Å². The van der Waals surface area contributed by atoms with E-state index < -0.39 is 28.3 Å². The van der Waals surface area contributed by atoms with Gasteiger partial charge in [-0.05, 0) is 17.7 Å². The van der Waals surface area contributed by atoms with Gasteiger partial charge in [-0.2, -0.15) is 0 Å². The minimum atomic E-state index is -1.31. The minimum absolute atomic E-state index is 0.000628. The molecule has 3 amide bonds. The van der Waals surface area contributed by atoms with Crippen LogP contribution in [0.5, 0.6) is 0 Å². The maximum absolute atomic E-state index is 11.7. The summed E-state index contributed by atoms with van der Waals surface area (Å²) in [5.41, 5.74) is 0.397. The summed E-state index contributed by atoms with van der Waals surface area (Å²) >= 11 is 0.773. The average molecular weight is 293 g/mol. The van der Waals surface area contributed by atoms with Crippen molar-refractivity contribution in [2.24, 2.45) is 0 Å². The van der Waals surface area contributed by atoms with Crippen LogP contribution in [0.1, 0.15) is 16.8 Å². The average Bonchev–Trinajstić information content (AvgIpc) is 2.68. The number of thioether (sulfide) groups is 1. The van der Waals surface area contributed by atoms with Gasteiger partial charge in [0.2, 0.25) is 11.8 Å². The van der Waals surface area contributed by atoms with Crippen molar-refractivity contribution in [1.82, 2.24) is 5.32 Å². The van der Waals surface area contributed by atoms with Gasteiger partial charge in [0, 0.05) is 12.1 Å². The zero-order valence-electron chi connectivity index (χ0n) is 10.0. The number of carbonyl (C=O) groups is 4. The predicted octanol–water partition coefficient (Wildman–Crippen LogP) is -0.270. The lowest BCUT2D eigenvalue weighted by Gasteiger charge is -2.08. The van der Waals surface area contributed by atoms with Gasteiger partial charge >= 0.3 is 0 Å². The Morgan fingerprint density at radius 1 is 1.25 bits per heavy atom. The number of amides is 3. The maximum atomic E-state index is 11.7. The molecular weight excluding hydrogens is 284 g/mol. The molecule has 8 heteroatoms. The van der Waals surface area contributed by atoms with E-state index in [-0.39, 0.29) is 12.0 Å². The van der Waals surface area contributed by atoms with Gasteiger partial charge in [0.05, 0.1) is 5.97 Å². The standard InChI is InChI=1S/C12H10N2O5S/c15-9(5-8-10(16)14-12(19)20-8)13-7-3-1-6(2-4-7)11(17)18/h1-4,8H,5H2,(H,13,15)(H,17,18)(H,14,16,19)/p-1. The molecule has 1 heterocycles. The summed E-state index contributed by atoms with van der Waals surface area (Å²) in [5.74, 6) is -2.23. The summed E-state index contributed by atoms with van der Waals surface area (Å²) in [6.45, 7) is 0. The van der Waals surface area contributed by atoms with Crippen LogP contribution in [-0.2, 0) is 9.59 Å². The highest BCUT2D eigenvalue weighted by molar-refractivity contribution is 8.15. The van der Waals surface area contributed by atoms with Crippen LogP contribution < -0.4 is 15.7 Å². The molecule has 1 saturated heterocycles. The zero-order chi connectivity index (χ0) is 14.7. The van der Waals surface area contributed by atoms with Crippen LogP contribution in [0.4, 0.5) is 10.5 Å². The van der Waals surface area contributed by atoms with Crippen LogP contribution in [0.3, 0.4) is 0 Å². The van der Waals surface area contributed by atoms with Crippen molar-refractivity contribution in [3.05, 3.63) is 29.8 Å². The Balaban J connectivity index is 1.93. The van der Waals surface area contributed by atoms with Gasteiger partial charge in [-0.15, -0.1) is 0 Å². The van der Waals surface area contributed by atoms with E-state index in [1.807, 2.05) is 0 Å². The van der Waals surface area contributed by atoms with Crippen LogP contribution in [0, 0.1) is 0 Å². The Morgan fingerprint density at radius 3 is 2.40 bits per heavy atom. The van der Waals surface area contributed by atoms with Crippen molar-refractivity contribution >= 4 is 40.5 Å². The van der Waals surface area contributed by atoms with Crippen molar-refractivity contribution in [3.8, 4) is 0 Å². The topological polar surface area (TPSA) is 115 Å². The van der Waals surface area contributed by atoms with Crippen LogP contribution >= 0.6 is 11.8 Å². The Labute approximate surface area is 117 Å². The number of nitrogens with one attached hydrogen (secondary N) is 2. The Morgan fingerprint density at radius 2 is 1.90 bits per heavy atom. The van der Waals surface area contributed by atoms with E-state index in [1.165, 1.54) is 24.3 Å². The molecule has 0 spiro atoms. The number of benzene rings is 1. The van der Waals surface area contributed by atoms with Crippen LogP contribution in [0.15, 0.2) is 24.3 Å². The highest BCUT2D eigenvalue weighted by Crippen LogP contribution is 2.22. The first-order chi connectivity index (χ1) is 9.45. The first-order valence-electron chi connectivity index (χ1n) is 5.58. The van der Waals surface area contributed by atoms with E-state index in [2.05, 4.69) is 10.6 Å². The van der Waals surface area contributed by atoms with Crippen molar-refractivity contribution in [2.75, 3.05) is 5.32 Å². The minimum Gasteiger partial charge on any atom is -0.545 e. The first-order valence-corrected chi connectivity index (χ1v) is 6.46. The maximum Gasteiger partial charge on any atom is 0.286 e. The Bertz CT molecular complexity index is 584.